The molecule has 120 valence electrons. The van der Waals surface area contributed by atoms with Gasteiger partial charge < -0.3 is 14.7 Å². The topological polar surface area (TPSA) is 66.8 Å². The molecule has 0 aliphatic heterocycles. The number of methoxy groups -OCH3 is 1. The summed E-state index contributed by atoms with van der Waals surface area (Å²) in [6.07, 6.45) is 3.45. The number of carboxylic acid groups (broad SMARTS) is 1. The summed E-state index contributed by atoms with van der Waals surface area (Å²) < 4.78 is 5.38. The quantitative estimate of drug-likeness (QED) is 0.907. The molecular formula is C17H23NO4. The van der Waals surface area contributed by atoms with Crippen LogP contribution in [-0.4, -0.2) is 42.6 Å². The van der Waals surface area contributed by atoms with Crippen molar-refractivity contribution in [2.75, 3.05) is 20.7 Å². The van der Waals surface area contributed by atoms with E-state index in [1.807, 2.05) is 25.1 Å². The first-order valence-electron chi connectivity index (χ1n) is 7.53. The van der Waals surface area contributed by atoms with Gasteiger partial charge in [-0.1, -0.05) is 25.0 Å². The lowest BCUT2D eigenvalue weighted by Crippen LogP contribution is -2.45. The molecule has 1 aliphatic carbocycles. The van der Waals surface area contributed by atoms with Crippen LogP contribution in [0.25, 0.3) is 0 Å². The first-order chi connectivity index (χ1) is 10.4. The van der Waals surface area contributed by atoms with E-state index in [0.717, 1.165) is 42.6 Å². The second-order valence-electron chi connectivity index (χ2n) is 6.03. The highest BCUT2D eigenvalue weighted by Gasteiger charge is 2.44. The van der Waals surface area contributed by atoms with Gasteiger partial charge in [0.1, 0.15) is 12.3 Å². The van der Waals surface area contributed by atoms with Crippen LogP contribution in [0.4, 0.5) is 0 Å². The summed E-state index contributed by atoms with van der Waals surface area (Å²) >= 11 is 0. The molecule has 0 atom stereocenters. The zero-order valence-corrected chi connectivity index (χ0v) is 13.4. The lowest BCUT2D eigenvalue weighted by atomic mass is 9.77. The third-order valence-corrected chi connectivity index (χ3v) is 4.55. The van der Waals surface area contributed by atoms with Crippen LogP contribution in [0, 0.1) is 6.92 Å². The molecule has 1 saturated carbocycles. The third-order valence-electron chi connectivity index (χ3n) is 4.55. The van der Waals surface area contributed by atoms with Gasteiger partial charge in [0.25, 0.3) is 0 Å². The zero-order valence-electron chi connectivity index (χ0n) is 13.4. The Morgan fingerprint density at radius 1 is 1.32 bits per heavy atom. The van der Waals surface area contributed by atoms with Gasteiger partial charge in [0, 0.05) is 7.05 Å². The predicted molar refractivity (Wildman–Crippen MR) is 83.1 cm³/mol. The minimum absolute atomic E-state index is 0.113. The highest BCUT2D eigenvalue weighted by Crippen LogP contribution is 2.43. The molecule has 1 amide bonds. The molecule has 1 N–H and O–H groups in total. The predicted octanol–water partition coefficient (Wildman–Crippen LogP) is 2.36. The van der Waals surface area contributed by atoms with E-state index in [1.54, 1.807) is 14.2 Å². The molecule has 1 aromatic carbocycles. The summed E-state index contributed by atoms with van der Waals surface area (Å²) in [7, 11) is 3.17. The fraction of sp³-hybridized carbons (Fsp3) is 0.529. The molecule has 0 aromatic heterocycles. The van der Waals surface area contributed by atoms with Gasteiger partial charge in [0.15, 0.2) is 0 Å². The zero-order chi connectivity index (χ0) is 16.3. The first-order valence-corrected chi connectivity index (χ1v) is 7.53. The molecule has 22 heavy (non-hydrogen) atoms. The van der Waals surface area contributed by atoms with E-state index >= 15 is 0 Å². The number of rotatable bonds is 5. The Balaban J connectivity index is 2.40. The molecular weight excluding hydrogens is 282 g/mol. The Bertz CT molecular complexity index is 576. The van der Waals surface area contributed by atoms with Crippen molar-refractivity contribution in [3.63, 3.8) is 0 Å². The van der Waals surface area contributed by atoms with E-state index in [-0.39, 0.29) is 12.5 Å². The number of hydrogen-bond acceptors (Lipinski definition) is 3. The third kappa shape index (κ3) is 2.93. The number of aliphatic carboxylic acids is 1. The van der Waals surface area contributed by atoms with Crippen molar-refractivity contribution in [1.29, 1.82) is 0 Å². The van der Waals surface area contributed by atoms with Crippen LogP contribution in [-0.2, 0) is 15.0 Å². The first kappa shape index (κ1) is 16.3. The number of carbonyl (C=O) groups is 2. The Hall–Kier alpha value is -2.04. The van der Waals surface area contributed by atoms with E-state index in [9.17, 15) is 9.59 Å². The maximum absolute atomic E-state index is 12.9. The van der Waals surface area contributed by atoms with Gasteiger partial charge >= 0.3 is 5.97 Å². The average molecular weight is 305 g/mol. The summed E-state index contributed by atoms with van der Waals surface area (Å²) in [6.45, 7) is 1.69. The molecule has 0 heterocycles. The van der Waals surface area contributed by atoms with Gasteiger partial charge in [-0.05, 0) is 37.0 Å². The van der Waals surface area contributed by atoms with Gasteiger partial charge in [-0.25, -0.2) is 0 Å². The van der Waals surface area contributed by atoms with Crippen LogP contribution in [0.1, 0.15) is 36.8 Å². The van der Waals surface area contributed by atoms with Crippen molar-refractivity contribution >= 4 is 11.9 Å². The van der Waals surface area contributed by atoms with Crippen LogP contribution in [0.3, 0.4) is 0 Å². The van der Waals surface area contributed by atoms with Crippen molar-refractivity contribution in [2.24, 2.45) is 0 Å². The van der Waals surface area contributed by atoms with Gasteiger partial charge in [0.05, 0.1) is 12.5 Å². The standard InChI is InChI=1S/C17H23NO4/c1-12-6-7-13(10-14(12)22-3)17(8-4-5-9-17)16(21)18(2)11-15(19)20/h6-7,10H,4-5,8-9,11H2,1-3H3,(H,19,20). The van der Waals surface area contributed by atoms with Crippen molar-refractivity contribution < 1.29 is 19.4 Å². The number of hydrogen-bond donors (Lipinski definition) is 1. The number of benzene rings is 1. The molecule has 5 heteroatoms. The molecule has 1 aliphatic rings. The molecule has 0 radical (unpaired) electrons. The Kier molecular flexibility index (Phi) is 4.74. The van der Waals surface area contributed by atoms with E-state index in [0.29, 0.717) is 0 Å². The van der Waals surface area contributed by atoms with E-state index in [1.165, 1.54) is 4.90 Å². The molecule has 0 unspecified atom stereocenters. The monoisotopic (exact) mass is 305 g/mol. The molecule has 1 fully saturated rings. The number of aryl methyl sites for hydroxylation is 1. The molecule has 2 rings (SSSR count). The van der Waals surface area contributed by atoms with Gasteiger partial charge in [0.2, 0.25) is 5.91 Å². The highest BCUT2D eigenvalue weighted by molar-refractivity contribution is 5.90. The maximum Gasteiger partial charge on any atom is 0.323 e. The SMILES string of the molecule is COc1cc(C2(C(=O)N(C)CC(=O)O)CCCC2)ccc1C. The largest absolute Gasteiger partial charge is 0.496 e. The lowest BCUT2D eigenvalue weighted by molar-refractivity contribution is -0.146. The maximum atomic E-state index is 12.9. The Morgan fingerprint density at radius 3 is 2.50 bits per heavy atom. The van der Waals surface area contributed by atoms with Crippen LogP contribution >= 0.6 is 0 Å². The van der Waals surface area contributed by atoms with Gasteiger partial charge in [-0.15, -0.1) is 0 Å². The fourth-order valence-corrected chi connectivity index (χ4v) is 3.36. The highest BCUT2D eigenvalue weighted by atomic mass is 16.5. The molecule has 1 aromatic rings. The van der Waals surface area contributed by atoms with E-state index < -0.39 is 11.4 Å². The van der Waals surface area contributed by atoms with Gasteiger partial charge in [-0.3, -0.25) is 9.59 Å². The number of carboxylic acids is 1. The fourth-order valence-electron chi connectivity index (χ4n) is 3.36. The smallest absolute Gasteiger partial charge is 0.323 e. The van der Waals surface area contributed by atoms with Crippen molar-refractivity contribution in [3.05, 3.63) is 29.3 Å². The second kappa shape index (κ2) is 6.38. The Labute approximate surface area is 130 Å². The minimum Gasteiger partial charge on any atom is -0.496 e. The van der Waals surface area contributed by atoms with Crippen LogP contribution < -0.4 is 4.74 Å². The van der Waals surface area contributed by atoms with Crippen molar-refractivity contribution in [1.82, 2.24) is 4.90 Å². The molecule has 0 saturated heterocycles. The minimum atomic E-state index is -0.995. The Morgan fingerprint density at radius 2 is 1.95 bits per heavy atom. The summed E-state index contributed by atoms with van der Waals surface area (Å²) in [5.41, 5.74) is 1.32. The number of nitrogens with zero attached hydrogens (tertiary/aromatic N) is 1. The lowest BCUT2D eigenvalue weighted by Gasteiger charge is -2.32. The number of amides is 1. The van der Waals surface area contributed by atoms with Gasteiger partial charge in [-0.2, -0.15) is 0 Å². The number of carbonyl (C=O) groups excluding carboxylic acids is 1. The van der Waals surface area contributed by atoms with Crippen LogP contribution in [0.2, 0.25) is 0 Å². The summed E-state index contributed by atoms with van der Waals surface area (Å²) in [5.74, 6) is -0.346. The number of ether oxygens (including phenoxy) is 1. The number of likely N-dealkylation sites (N-methyl/N-ethyl adjacent to an activating group) is 1. The van der Waals surface area contributed by atoms with Crippen molar-refractivity contribution in [3.8, 4) is 5.75 Å². The molecule has 0 spiro atoms. The van der Waals surface area contributed by atoms with Crippen LogP contribution in [0.15, 0.2) is 18.2 Å². The average Bonchev–Trinajstić information content (AvgIpc) is 2.97. The molecule has 5 nitrogen and oxygen atoms in total. The van der Waals surface area contributed by atoms with E-state index in [4.69, 9.17) is 9.84 Å². The van der Waals surface area contributed by atoms with Crippen molar-refractivity contribution in [2.45, 2.75) is 38.0 Å². The van der Waals surface area contributed by atoms with Crippen LogP contribution in [0.5, 0.6) is 5.75 Å². The molecule has 0 bridgehead atoms. The normalized spacial score (nSPS) is 16.3. The summed E-state index contributed by atoms with van der Waals surface area (Å²) in [5, 5.41) is 8.93. The summed E-state index contributed by atoms with van der Waals surface area (Å²) in [6, 6.07) is 5.85. The summed E-state index contributed by atoms with van der Waals surface area (Å²) in [4.78, 5) is 25.1. The van der Waals surface area contributed by atoms with E-state index in [2.05, 4.69) is 0 Å². The second-order valence-corrected chi connectivity index (χ2v) is 6.03.